The highest BCUT2D eigenvalue weighted by Gasteiger charge is 2.35. The van der Waals surface area contributed by atoms with Gasteiger partial charge in [0.1, 0.15) is 23.4 Å². The molecule has 174 valence electrons. The van der Waals surface area contributed by atoms with Crippen LogP contribution in [0, 0.1) is 12.7 Å². The number of carbonyl (C=O) groups excluding carboxylic acids is 1. The van der Waals surface area contributed by atoms with Gasteiger partial charge in [-0.2, -0.15) is 0 Å². The molecule has 1 N–H and O–H groups in total. The Morgan fingerprint density at radius 2 is 1.94 bits per heavy atom. The summed E-state index contributed by atoms with van der Waals surface area (Å²) in [5.41, 5.74) is 1.80. The highest BCUT2D eigenvalue weighted by Crippen LogP contribution is 2.39. The zero-order chi connectivity index (χ0) is 23.3. The van der Waals surface area contributed by atoms with Gasteiger partial charge in [-0.15, -0.1) is 5.10 Å². The van der Waals surface area contributed by atoms with E-state index in [9.17, 15) is 9.18 Å². The number of hydrogen-bond acceptors (Lipinski definition) is 5. The monoisotopic (exact) mass is 451 g/mol. The summed E-state index contributed by atoms with van der Waals surface area (Å²) in [6, 6.07) is 13.8. The van der Waals surface area contributed by atoms with Crippen LogP contribution < -0.4 is 10.1 Å². The van der Waals surface area contributed by atoms with Crippen molar-refractivity contribution in [1.82, 2.24) is 25.5 Å². The summed E-state index contributed by atoms with van der Waals surface area (Å²) in [6.45, 7) is 2.28. The van der Waals surface area contributed by atoms with Gasteiger partial charge in [-0.05, 0) is 65.6 Å². The Labute approximate surface area is 193 Å². The molecule has 8 heteroatoms. The Morgan fingerprint density at radius 1 is 1.18 bits per heavy atom. The van der Waals surface area contributed by atoms with Crippen LogP contribution in [0.25, 0.3) is 0 Å². The third-order valence-corrected chi connectivity index (χ3v) is 6.69. The summed E-state index contributed by atoms with van der Waals surface area (Å²) in [6.07, 6.45) is 5.78. The number of halogens is 1. The standard InChI is InChI=1S/C25H30FN5O2/c1-18-28-29-30-31(18)23(16-19-7-6-8-21(26)15-19)24(32)27-17-25(13-4-3-5-14-25)20-9-11-22(33-2)12-10-20/h6-12,15,23H,3-5,13-14,16-17H2,1-2H3,(H,27,32). The molecule has 0 spiro atoms. The number of nitrogens with zero attached hydrogens (tertiary/aromatic N) is 4. The van der Waals surface area contributed by atoms with Crippen LogP contribution in [0.3, 0.4) is 0 Å². The maximum Gasteiger partial charge on any atom is 0.245 e. The Morgan fingerprint density at radius 3 is 2.58 bits per heavy atom. The summed E-state index contributed by atoms with van der Waals surface area (Å²) in [5.74, 6) is 0.848. The van der Waals surface area contributed by atoms with Gasteiger partial charge in [-0.1, -0.05) is 43.5 Å². The molecule has 1 amide bonds. The summed E-state index contributed by atoms with van der Waals surface area (Å²) in [7, 11) is 1.66. The van der Waals surface area contributed by atoms with E-state index in [1.807, 2.05) is 18.2 Å². The Kier molecular flexibility index (Phi) is 7.01. The van der Waals surface area contributed by atoms with Crippen molar-refractivity contribution in [2.75, 3.05) is 13.7 Å². The number of tetrazole rings is 1. The summed E-state index contributed by atoms with van der Waals surface area (Å²) < 4.78 is 20.6. The molecule has 1 atom stereocenters. The Balaban J connectivity index is 1.56. The topological polar surface area (TPSA) is 81.9 Å². The van der Waals surface area contributed by atoms with Gasteiger partial charge in [0.2, 0.25) is 5.91 Å². The maximum absolute atomic E-state index is 13.8. The molecule has 2 aromatic carbocycles. The number of aromatic nitrogens is 4. The van der Waals surface area contributed by atoms with Crippen molar-refractivity contribution in [3.63, 3.8) is 0 Å². The van der Waals surface area contributed by atoms with Gasteiger partial charge in [0.25, 0.3) is 0 Å². The van der Waals surface area contributed by atoms with Crippen LogP contribution in [0.2, 0.25) is 0 Å². The first-order valence-electron chi connectivity index (χ1n) is 11.4. The molecule has 0 saturated heterocycles. The van der Waals surface area contributed by atoms with E-state index in [0.29, 0.717) is 24.4 Å². The molecular weight excluding hydrogens is 421 g/mol. The quantitative estimate of drug-likeness (QED) is 0.561. The summed E-state index contributed by atoms with van der Waals surface area (Å²) in [4.78, 5) is 13.5. The van der Waals surface area contributed by atoms with Crippen molar-refractivity contribution < 1.29 is 13.9 Å². The lowest BCUT2D eigenvalue weighted by molar-refractivity contribution is -0.125. The van der Waals surface area contributed by atoms with Gasteiger partial charge in [0.15, 0.2) is 0 Å². The van der Waals surface area contributed by atoms with Gasteiger partial charge >= 0.3 is 0 Å². The Hall–Kier alpha value is -3.29. The molecule has 3 aromatic rings. The van der Waals surface area contributed by atoms with Crippen LogP contribution in [0.4, 0.5) is 4.39 Å². The first kappa shape index (κ1) is 22.9. The molecule has 7 nitrogen and oxygen atoms in total. The average molecular weight is 452 g/mol. The Bertz CT molecular complexity index is 1080. The SMILES string of the molecule is COc1ccc(C2(CNC(=O)C(Cc3cccc(F)c3)n3nnnc3C)CCCCC2)cc1. The fourth-order valence-electron chi connectivity index (χ4n) is 4.82. The first-order valence-corrected chi connectivity index (χ1v) is 11.4. The molecule has 0 radical (unpaired) electrons. The predicted octanol–water partition coefficient (Wildman–Crippen LogP) is 3.93. The van der Waals surface area contributed by atoms with E-state index in [1.165, 1.54) is 28.8 Å². The second-order valence-corrected chi connectivity index (χ2v) is 8.81. The van der Waals surface area contributed by atoms with Crippen molar-refractivity contribution in [3.8, 4) is 5.75 Å². The van der Waals surface area contributed by atoms with Crippen LogP contribution in [-0.4, -0.2) is 39.8 Å². The number of benzene rings is 2. The number of rotatable bonds is 8. The largest absolute Gasteiger partial charge is 0.497 e. The summed E-state index contributed by atoms with van der Waals surface area (Å²) in [5, 5.41) is 14.9. The fraction of sp³-hybridized carbons (Fsp3) is 0.440. The second-order valence-electron chi connectivity index (χ2n) is 8.81. The molecule has 1 heterocycles. The minimum atomic E-state index is -0.668. The fourth-order valence-corrected chi connectivity index (χ4v) is 4.82. The van der Waals surface area contributed by atoms with Crippen molar-refractivity contribution in [2.24, 2.45) is 0 Å². The molecule has 0 aliphatic heterocycles. The number of amides is 1. The molecule has 1 fully saturated rings. The minimum Gasteiger partial charge on any atom is -0.497 e. The lowest BCUT2D eigenvalue weighted by Gasteiger charge is -2.38. The highest BCUT2D eigenvalue weighted by atomic mass is 19.1. The molecule has 1 unspecified atom stereocenters. The predicted molar refractivity (Wildman–Crippen MR) is 122 cm³/mol. The van der Waals surface area contributed by atoms with Crippen LogP contribution in [0.15, 0.2) is 48.5 Å². The van der Waals surface area contributed by atoms with Crippen LogP contribution in [0.5, 0.6) is 5.75 Å². The number of methoxy groups -OCH3 is 1. The number of ether oxygens (including phenoxy) is 1. The lowest BCUT2D eigenvalue weighted by atomic mass is 9.69. The van der Waals surface area contributed by atoms with E-state index in [4.69, 9.17) is 4.74 Å². The minimum absolute atomic E-state index is 0.126. The number of carbonyl (C=O) groups is 1. The third-order valence-electron chi connectivity index (χ3n) is 6.69. The number of aryl methyl sites for hydroxylation is 1. The van der Waals surface area contributed by atoms with Crippen molar-refractivity contribution in [2.45, 2.75) is 56.9 Å². The van der Waals surface area contributed by atoms with Gasteiger partial charge < -0.3 is 10.1 Å². The highest BCUT2D eigenvalue weighted by molar-refractivity contribution is 5.80. The summed E-state index contributed by atoms with van der Waals surface area (Å²) >= 11 is 0. The van der Waals surface area contributed by atoms with Crippen molar-refractivity contribution >= 4 is 5.91 Å². The number of hydrogen-bond donors (Lipinski definition) is 1. The van der Waals surface area contributed by atoms with Gasteiger partial charge in [-0.25, -0.2) is 9.07 Å². The number of nitrogens with one attached hydrogen (secondary N) is 1. The van der Waals surface area contributed by atoms with E-state index >= 15 is 0 Å². The van der Waals surface area contributed by atoms with E-state index < -0.39 is 6.04 Å². The first-order chi connectivity index (χ1) is 16.0. The van der Waals surface area contributed by atoms with E-state index in [2.05, 4.69) is 33.0 Å². The molecule has 1 aliphatic rings. The molecule has 1 saturated carbocycles. The van der Waals surface area contributed by atoms with Crippen LogP contribution in [-0.2, 0) is 16.6 Å². The van der Waals surface area contributed by atoms with Crippen LogP contribution in [0.1, 0.15) is 55.1 Å². The third kappa shape index (κ3) is 5.21. The van der Waals surface area contributed by atoms with Gasteiger partial charge in [-0.3, -0.25) is 4.79 Å². The zero-order valence-corrected chi connectivity index (χ0v) is 19.1. The van der Waals surface area contributed by atoms with Gasteiger partial charge in [0.05, 0.1) is 7.11 Å². The molecule has 1 aromatic heterocycles. The zero-order valence-electron chi connectivity index (χ0n) is 19.1. The van der Waals surface area contributed by atoms with Gasteiger partial charge in [0, 0.05) is 18.4 Å². The van der Waals surface area contributed by atoms with Crippen molar-refractivity contribution in [1.29, 1.82) is 0 Å². The molecule has 1 aliphatic carbocycles. The maximum atomic E-state index is 13.8. The van der Waals surface area contributed by atoms with E-state index in [0.717, 1.165) is 31.4 Å². The normalized spacial score (nSPS) is 16.2. The molecule has 33 heavy (non-hydrogen) atoms. The molecule has 0 bridgehead atoms. The van der Waals surface area contributed by atoms with E-state index in [1.54, 1.807) is 20.1 Å². The smallest absolute Gasteiger partial charge is 0.245 e. The molecule has 4 rings (SSSR count). The second kappa shape index (κ2) is 10.1. The lowest BCUT2D eigenvalue weighted by Crippen LogP contribution is -2.45. The van der Waals surface area contributed by atoms with E-state index in [-0.39, 0.29) is 17.1 Å². The van der Waals surface area contributed by atoms with Crippen molar-refractivity contribution in [3.05, 3.63) is 71.3 Å². The van der Waals surface area contributed by atoms with Crippen LogP contribution >= 0.6 is 0 Å². The molecular formula is C25H30FN5O2. The average Bonchev–Trinajstić information content (AvgIpc) is 3.27.